The zero-order chi connectivity index (χ0) is 13.8. The Hall–Kier alpha value is -1.75. The van der Waals surface area contributed by atoms with Crippen molar-refractivity contribution in [2.45, 2.75) is 19.6 Å². The molecule has 1 fully saturated rings. The zero-order valence-electron chi connectivity index (χ0n) is 11.5. The van der Waals surface area contributed by atoms with E-state index in [2.05, 4.69) is 0 Å². The minimum absolute atomic E-state index is 0.0669. The molecule has 1 saturated heterocycles. The van der Waals surface area contributed by atoms with Crippen LogP contribution < -0.4 is 9.47 Å². The van der Waals surface area contributed by atoms with E-state index < -0.39 is 0 Å². The molecule has 1 aromatic rings. The summed E-state index contributed by atoms with van der Waals surface area (Å²) in [6, 6.07) is 5.52. The minimum atomic E-state index is -0.132. The summed E-state index contributed by atoms with van der Waals surface area (Å²) in [5, 5.41) is 0. The van der Waals surface area contributed by atoms with Crippen molar-refractivity contribution < 1.29 is 19.0 Å². The molecule has 0 aliphatic carbocycles. The average molecular weight is 265 g/mol. The van der Waals surface area contributed by atoms with Crippen LogP contribution in [0.15, 0.2) is 18.2 Å². The number of hydrogen-bond acceptors (Lipinski definition) is 4. The maximum atomic E-state index is 12.2. The van der Waals surface area contributed by atoms with Crippen LogP contribution >= 0.6 is 0 Å². The molecule has 1 aromatic carbocycles. The maximum absolute atomic E-state index is 12.2. The Balaban J connectivity index is 2.08. The van der Waals surface area contributed by atoms with Crippen LogP contribution in [0.3, 0.4) is 0 Å². The highest BCUT2D eigenvalue weighted by Crippen LogP contribution is 2.28. The van der Waals surface area contributed by atoms with Gasteiger partial charge >= 0.3 is 0 Å². The Bertz CT molecular complexity index is 461. The van der Waals surface area contributed by atoms with E-state index in [1.165, 1.54) is 0 Å². The molecule has 0 spiro atoms. The quantitative estimate of drug-likeness (QED) is 0.826. The molecule has 5 heteroatoms. The molecule has 1 aliphatic heterocycles. The maximum Gasteiger partial charge on any atom is 0.229 e. The topological polar surface area (TPSA) is 48.0 Å². The van der Waals surface area contributed by atoms with E-state index in [-0.39, 0.29) is 12.1 Å². The Morgan fingerprint density at radius 2 is 2.11 bits per heavy atom. The lowest BCUT2D eigenvalue weighted by molar-refractivity contribution is -0.134. The molecule has 1 heterocycles. The van der Waals surface area contributed by atoms with Crippen molar-refractivity contribution in [3.63, 3.8) is 0 Å². The summed E-state index contributed by atoms with van der Waals surface area (Å²) in [5.41, 5.74) is 0.904. The molecular formula is C14H19NO4. The van der Waals surface area contributed by atoms with Crippen molar-refractivity contribution in [1.29, 1.82) is 0 Å². The number of benzene rings is 1. The largest absolute Gasteiger partial charge is 0.493 e. The van der Waals surface area contributed by atoms with Gasteiger partial charge in [0.1, 0.15) is 6.23 Å². The number of methoxy groups -OCH3 is 2. The lowest BCUT2D eigenvalue weighted by Gasteiger charge is -2.19. The van der Waals surface area contributed by atoms with Crippen LogP contribution in [-0.2, 0) is 16.0 Å². The van der Waals surface area contributed by atoms with Crippen molar-refractivity contribution in [1.82, 2.24) is 4.90 Å². The minimum Gasteiger partial charge on any atom is -0.493 e. The normalized spacial score (nSPS) is 18.5. The molecular weight excluding hydrogens is 246 g/mol. The van der Waals surface area contributed by atoms with Crippen LogP contribution in [0, 0.1) is 0 Å². The van der Waals surface area contributed by atoms with Gasteiger partial charge in [0.2, 0.25) is 5.91 Å². The van der Waals surface area contributed by atoms with Gasteiger partial charge in [-0.1, -0.05) is 6.07 Å². The molecule has 0 radical (unpaired) electrons. The Morgan fingerprint density at radius 1 is 1.37 bits per heavy atom. The van der Waals surface area contributed by atoms with E-state index >= 15 is 0 Å². The first-order chi connectivity index (χ1) is 9.15. The smallest absolute Gasteiger partial charge is 0.229 e. The number of hydrogen-bond donors (Lipinski definition) is 0. The van der Waals surface area contributed by atoms with E-state index in [0.717, 1.165) is 5.56 Å². The fourth-order valence-corrected chi connectivity index (χ4v) is 2.19. The first kappa shape index (κ1) is 13.7. The van der Waals surface area contributed by atoms with Crippen LogP contribution in [0.4, 0.5) is 0 Å². The van der Waals surface area contributed by atoms with E-state index in [9.17, 15) is 4.79 Å². The predicted molar refractivity (Wildman–Crippen MR) is 70.4 cm³/mol. The third-order valence-electron chi connectivity index (χ3n) is 3.25. The van der Waals surface area contributed by atoms with Gasteiger partial charge in [-0.05, 0) is 24.6 Å². The molecule has 5 nitrogen and oxygen atoms in total. The SMILES string of the molecule is COc1ccc(CC(=O)N2CCOC2C)cc1OC. The van der Waals surface area contributed by atoms with Gasteiger partial charge < -0.3 is 19.1 Å². The Morgan fingerprint density at radius 3 is 2.68 bits per heavy atom. The fraction of sp³-hybridized carbons (Fsp3) is 0.500. The van der Waals surface area contributed by atoms with Crippen molar-refractivity contribution in [2.75, 3.05) is 27.4 Å². The molecule has 104 valence electrons. The van der Waals surface area contributed by atoms with Crippen molar-refractivity contribution in [3.8, 4) is 11.5 Å². The van der Waals surface area contributed by atoms with Crippen LogP contribution in [0.1, 0.15) is 12.5 Å². The van der Waals surface area contributed by atoms with Crippen LogP contribution in [0.2, 0.25) is 0 Å². The number of ether oxygens (including phenoxy) is 3. The highest BCUT2D eigenvalue weighted by atomic mass is 16.5. The monoisotopic (exact) mass is 265 g/mol. The molecule has 1 atom stereocenters. The van der Waals surface area contributed by atoms with Crippen LogP contribution in [0.25, 0.3) is 0 Å². The summed E-state index contributed by atoms with van der Waals surface area (Å²) in [4.78, 5) is 13.9. The molecule has 2 rings (SSSR count). The molecule has 0 bridgehead atoms. The van der Waals surface area contributed by atoms with Gasteiger partial charge in [0, 0.05) is 6.54 Å². The van der Waals surface area contributed by atoms with Gasteiger partial charge in [-0.15, -0.1) is 0 Å². The zero-order valence-corrected chi connectivity index (χ0v) is 11.5. The molecule has 0 N–H and O–H groups in total. The lowest BCUT2D eigenvalue weighted by Crippen LogP contribution is -2.35. The van der Waals surface area contributed by atoms with E-state index in [4.69, 9.17) is 14.2 Å². The number of rotatable bonds is 4. The molecule has 1 aliphatic rings. The number of carbonyl (C=O) groups is 1. The predicted octanol–water partition coefficient (Wildman–Crippen LogP) is 1.45. The number of carbonyl (C=O) groups excluding carboxylic acids is 1. The number of nitrogens with zero attached hydrogens (tertiary/aromatic N) is 1. The highest BCUT2D eigenvalue weighted by Gasteiger charge is 2.25. The summed E-state index contributed by atoms with van der Waals surface area (Å²) < 4.78 is 15.8. The van der Waals surface area contributed by atoms with Crippen LogP contribution in [-0.4, -0.2) is 44.4 Å². The highest BCUT2D eigenvalue weighted by molar-refractivity contribution is 5.79. The standard InChI is InChI=1S/C14H19NO4/c1-10-15(6-7-19-10)14(16)9-11-4-5-12(17-2)13(8-11)18-3/h4-5,8,10H,6-7,9H2,1-3H3. The van der Waals surface area contributed by atoms with Gasteiger partial charge in [0.15, 0.2) is 11.5 Å². The molecule has 0 aromatic heterocycles. The van der Waals surface area contributed by atoms with Crippen molar-refractivity contribution in [2.24, 2.45) is 0 Å². The lowest BCUT2D eigenvalue weighted by atomic mass is 10.1. The second-order valence-corrected chi connectivity index (χ2v) is 4.42. The number of amides is 1. The summed E-state index contributed by atoms with van der Waals surface area (Å²) in [5.74, 6) is 1.37. The first-order valence-corrected chi connectivity index (χ1v) is 6.27. The van der Waals surface area contributed by atoms with Gasteiger partial charge in [-0.25, -0.2) is 0 Å². The van der Waals surface area contributed by atoms with Gasteiger partial charge in [0.05, 0.1) is 27.2 Å². The average Bonchev–Trinajstić information content (AvgIpc) is 2.85. The van der Waals surface area contributed by atoms with Crippen LogP contribution in [0.5, 0.6) is 11.5 Å². The second kappa shape index (κ2) is 5.93. The summed E-state index contributed by atoms with van der Waals surface area (Å²) >= 11 is 0. The summed E-state index contributed by atoms with van der Waals surface area (Å²) in [6.45, 7) is 3.16. The summed E-state index contributed by atoms with van der Waals surface area (Å²) in [7, 11) is 3.17. The third kappa shape index (κ3) is 2.98. The van der Waals surface area contributed by atoms with Crippen molar-refractivity contribution >= 4 is 5.91 Å². The summed E-state index contributed by atoms with van der Waals surface area (Å²) in [6.07, 6.45) is 0.210. The van der Waals surface area contributed by atoms with E-state index in [1.807, 2.05) is 25.1 Å². The second-order valence-electron chi connectivity index (χ2n) is 4.42. The Labute approximate surface area is 113 Å². The third-order valence-corrected chi connectivity index (χ3v) is 3.25. The Kier molecular flexibility index (Phi) is 4.27. The van der Waals surface area contributed by atoms with Gasteiger partial charge in [-0.3, -0.25) is 4.79 Å². The molecule has 19 heavy (non-hydrogen) atoms. The van der Waals surface area contributed by atoms with Gasteiger partial charge in [0.25, 0.3) is 0 Å². The molecule has 1 unspecified atom stereocenters. The first-order valence-electron chi connectivity index (χ1n) is 6.27. The van der Waals surface area contributed by atoms with E-state index in [1.54, 1.807) is 19.1 Å². The van der Waals surface area contributed by atoms with Crippen molar-refractivity contribution in [3.05, 3.63) is 23.8 Å². The molecule has 0 saturated carbocycles. The molecule has 1 amide bonds. The van der Waals surface area contributed by atoms with E-state index in [0.29, 0.717) is 31.1 Å². The fourth-order valence-electron chi connectivity index (χ4n) is 2.19. The van der Waals surface area contributed by atoms with Gasteiger partial charge in [-0.2, -0.15) is 0 Å².